The number of morpholine rings is 1. The minimum atomic E-state index is 0.258. The topological polar surface area (TPSA) is 86.4 Å². The first kappa shape index (κ1) is 16.5. The molecule has 3 aromatic rings. The van der Waals surface area contributed by atoms with Crippen LogP contribution in [0.3, 0.4) is 0 Å². The normalized spacial score (nSPS) is 14.6. The zero-order valence-corrected chi connectivity index (χ0v) is 14.9. The number of methoxy groups -OCH3 is 1. The van der Waals surface area contributed by atoms with E-state index in [-0.39, 0.29) is 5.95 Å². The first-order valence-electron chi connectivity index (χ1n) is 8.57. The molecule has 0 atom stereocenters. The number of nitrogen functional groups attached to an aromatic ring is 1. The molecule has 1 saturated heterocycles. The maximum Gasteiger partial charge on any atom is 0.222 e. The highest BCUT2D eigenvalue weighted by Crippen LogP contribution is 2.29. The summed E-state index contributed by atoms with van der Waals surface area (Å²) in [5, 5.41) is 0. The average Bonchev–Trinajstić information content (AvgIpc) is 2.67. The molecule has 4 rings (SSSR count). The Morgan fingerprint density at radius 2 is 1.88 bits per heavy atom. The SMILES string of the molecule is COc1ccc(-c2ccc3nc(N)nc(N4CCOCC4)c3n2)cc1C. The zero-order valence-electron chi connectivity index (χ0n) is 14.9. The van der Waals surface area contributed by atoms with E-state index < -0.39 is 0 Å². The molecule has 0 saturated carbocycles. The summed E-state index contributed by atoms with van der Waals surface area (Å²) in [6.07, 6.45) is 0. The summed E-state index contributed by atoms with van der Waals surface area (Å²) in [5.41, 5.74) is 10.4. The molecule has 26 heavy (non-hydrogen) atoms. The van der Waals surface area contributed by atoms with Crippen molar-refractivity contribution in [3.63, 3.8) is 0 Å². The second-order valence-electron chi connectivity index (χ2n) is 6.25. The minimum absolute atomic E-state index is 0.258. The van der Waals surface area contributed by atoms with Crippen LogP contribution in [0.4, 0.5) is 11.8 Å². The number of benzene rings is 1. The van der Waals surface area contributed by atoms with Crippen molar-refractivity contribution < 1.29 is 9.47 Å². The van der Waals surface area contributed by atoms with Crippen LogP contribution in [-0.4, -0.2) is 48.4 Å². The first-order chi connectivity index (χ1) is 12.7. The Labute approximate surface area is 151 Å². The number of nitrogens with two attached hydrogens (primary N) is 1. The minimum Gasteiger partial charge on any atom is -0.496 e. The molecule has 0 radical (unpaired) electrons. The molecule has 7 heteroatoms. The van der Waals surface area contributed by atoms with Crippen LogP contribution in [-0.2, 0) is 4.74 Å². The van der Waals surface area contributed by atoms with E-state index in [4.69, 9.17) is 20.2 Å². The van der Waals surface area contributed by atoms with Gasteiger partial charge in [0.05, 0.1) is 31.5 Å². The molecule has 0 unspecified atom stereocenters. The fraction of sp³-hybridized carbons (Fsp3) is 0.316. The molecule has 1 fully saturated rings. The van der Waals surface area contributed by atoms with Gasteiger partial charge in [-0.3, -0.25) is 0 Å². The summed E-state index contributed by atoms with van der Waals surface area (Å²) >= 11 is 0. The summed E-state index contributed by atoms with van der Waals surface area (Å²) in [7, 11) is 1.67. The van der Waals surface area contributed by atoms with Crippen LogP contribution < -0.4 is 15.4 Å². The summed E-state index contributed by atoms with van der Waals surface area (Å²) < 4.78 is 10.8. The van der Waals surface area contributed by atoms with Crippen molar-refractivity contribution >= 4 is 22.8 Å². The first-order valence-corrected chi connectivity index (χ1v) is 8.57. The van der Waals surface area contributed by atoms with Crippen molar-refractivity contribution in [2.75, 3.05) is 44.0 Å². The van der Waals surface area contributed by atoms with Crippen molar-refractivity contribution in [1.29, 1.82) is 0 Å². The Bertz CT molecular complexity index is 954. The Hall–Kier alpha value is -2.93. The lowest BCUT2D eigenvalue weighted by molar-refractivity contribution is 0.122. The molecule has 2 aromatic heterocycles. The third-order valence-electron chi connectivity index (χ3n) is 4.54. The average molecular weight is 351 g/mol. The van der Waals surface area contributed by atoms with E-state index >= 15 is 0 Å². The number of hydrogen-bond donors (Lipinski definition) is 1. The van der Waals surface area contributed by atoms with E-state index in [1.165, 1.54) is 0 Å². The summed E-state index contributed by atoms with van der Waals surface area (Å²) in [4.78, 5) is 15.8. The van der Waals surface area contributed by atoms with Gasteiger partial charge in [0.25, 0.3) is 0 Å². The number of fused-ring (bicyclic) bond motifs is 1. The molecule has 0 aliphatic carbocycles. The van der Waals surface area contributed by atoms with Crippen molar-refractivity contribution in [1.82, 2.24) is 15.0 Å². The predicted octanol–water partition coefficient (Wildman–Crippen LogP) is 2.43. The smallest absolute Gasteiger partial charge is 0.222 e. The highest BCUT2D eigenvalue weighted by molar-refractivity contribution is 5.88. The van der Waals surface area contributed by atoms with E-state index in [1.54, 1.807) is 7.11 Å². The van der Waals surface area contributed by atoms with Crippen molar-refractivity contribution in [2.45, 2.75) is 6.92 Å². The zero-order chi connectivity index (χ0) is 18.1. The fourth-order valence-electron chi connectivity index (χ4n) is 3.21. The third-order valence-corrected chi connectivity index (χ3v) is 4.54. The Kier molecular flexibility index (Phi) is 4.30. The molecule has 0 amide bonds. The van der Waals surface area contributed by atoms with Gasteiger partial charge in [-0.2, -0.15) is 4.98 Å². The van der Waals surface area contributed by atoms with Crippen LogP contribution in [0.2, 0.25) is 0 Å². The van der Waals surface area contributed by atoms with Gasteiger partial charge in [0.2, 0.25) is 5.95 Å². The highest BCUT2D eigenvalue weighted by atomic mass is 16.5. The van der Waals surface area contributed by atoms with Gasteiger partial charge in [0, 0.05) is 18.7 Å². The quantitative estimate of drug-likeness (QED) is 0.775. The van der Waals surface area contributed by atoms with Gasteiger partial charge in [-0.1, -0.05) is 0 Å². The van der Waals surface area contributed by atoms with Gasteiger partial charge in [-0.15, -0.1) is 0 Å². The molecule has 2 N–H and O–H groups in total. The Balaban J connectivity index is 1.83. The van der Waals surface area contributed by atoms with Crippen LogP contribution in [0.5, 0.6) is 5.75 Å². The third kappa shape index (κ3) is 3.01. The molecule has 1 aliphatic rings. The van der Waals surface area contributed by atoms with Gasteiger partial charge in [-0.25, -0.2) is 9.97 Å². The number of hydrogen-bond acceptors (Lipinski definition) is 7. The van der Waals surface area contributed by atoms with E-state index in [1.807, 2.05) is 31.2 Å². The summed E-state index contributed by atoms with van der Waals surface area (Å²) in [6, 6.07) is 9.93. The lowest BCUT2D eigenvalue weighted by Crippen LogP contribution is -2.37. The second-order valence-corrected chi connectivity index (χ2v) is 6.25. The van der Waals surface area contributed by atoms with Crippen LogP contribution >= 0.6 is 0 Å². The standard InChI is InChI=1S/C19H21N5O2/c1-12-11-13(3-6-16(12)25-2)14-4-5-15-17(21-14)18(23-19(20)22-15)24-7-9-26-10-8-24/h3-6,11H,7-10H2,1-2H3,(H2,20,22,23). The van der Waals surface area contributed by atoms with Gasteiger partial charge in [-0.05, 0) is 42.8 Å². The number of pyridine rings is 1. The molecule has 134 valence electrons. The Morgan fingerprint density at radius 1 is 1.08 bits per heavy atom. The largest absolute Gasteiger partial charge is 0.496 e. The molecule has 0 spiro atoms. The van der Waals surface area contributed by atoms with Crippen molar-refractivity contribution in [2.24, 2.45) is 0 Å². The fourth-order valence-corrected chi connectivity index (χ4v) is 3.21. The van der Waals surface area contributed by atoms with E-state index in [2.05, 4.69) is 20.9 Å². The molecule has 3 heterocycles. The van der Waals surface area contributed by atoms with Crippen LogP contribution in [0.25, 0.3) is 22.3 Å². The van der Waals surface area contributed by atoms with E-state index in [0.29, 0.717) is 13.2 Å². The van der Waals surface area contributed by atoms with Crippen LogP contribution in [0.1, 0.15) is 5.56 Å². The lowest BCUT2D eigenvalue weighted by Gasteiger charge is -2.28. The molecule has 0 bridgehead atoms. The number of nitrogens with zero attached hydrogens (tertiary/aromatic N) is 4. The highest BCUT2D eigenvalue weighted by Gasteiger charge is 2.18. The van der Waals surface area contributed by atoms with Crippen LogP contribution in [0.15, 0.2) is 30.3 Å². The number of ether oxygens (including phenoxy) is 2. The maximum absolute atomic E-state index is 5.91. The number of anilines is 2. The summed E-state index contributed by atoms with van der Waals surface area (Å²) in [6.45, 7) is 4.89. The van der Waals surface area contributed by atoms with Crippen LogP contribution in [0, 0.1) is 6.92 Å². The summed E-state index contributed by atoms with van der Waals surface area (Å²) in [5.74, 6) is 1.89. The number of aromatic nitrogens is 3. The monoisotopic (exact) mass is 351 g/mol. The predicted molar refractivity (Wildman–Crippen MR) is 102 cm³/mol. The van der Waals surface area contributed by atoms with Gasteiger partial charge in [0.15, 0.2) is 5.82 Å². The van der Waals surface area contributed by atoms with Crippen molar-refractivity contribution in [3.05, 3.63) is 35.9 Å². The van der Waals surface area contributed by atoms with Gasteiger partial charge >= 0.3 is 0 Å². The second kappa shape index (κ2) is 6.76. The van der Waals surface area contributed by atoms with Gasteiger partial charge < -0.3 is 20.1 Å². The molecular formula is C19H21N5O2. The molecule has 7 nitrogen and oxygen atoms in total. The lowest BCUT2D eigenvalue weighted by atomic mass is 10.1. The Morgan fingerprint density at radius 3 is 2.62 bits per heavy atom. The maximum atomic E-state index is 5.91. The van der Waals surface area contributed by atoms with E-state index in [9.17, 15) is 0 Å². The van der Waals surface area contributed by atoms with Crippen molar-refractivity contribution in [3.8, 4) is 17.0 Å². The molecule has 1 aliphatic heterocycles. The van der Waals surface area contributed by atoms with E-state index in [0.717, 1.165) is 52.5 Å². The molecule has 1 aromatic carbocycles. The number of aryl methyl sites for hydroxylation is 1. The van der Waals surface area contributed by atoms with Gasteiger partial charge in [0.1, 0.15) is 11.3 Å². The molecular weight excluding hydrogens is 330 g/mol. The number of rotatable bonds is 3.